The lowest BCUT2D eigenvalue weighted by atomic mass is 10.1. The van der Waals surface area contributed by atoms with E-state index in [2.05, 4.69) is 4.98 Å². The van der Waals surface area contributed by atoms with E-state index in [0.717, 1.165) is 29.3 Å². The van der Waals surface area contributed by atoms with Crippen LogP contribution in [0.2, 0.25) is 0 Å². The molecule has 3 heterocycles. The number of hydrogen-bond donors (Lipinski definition) is 3. The molecule has 1 amide bonds. The van der Waals surface area contributed by atoms with Gasteiger partial charge in [-0.05, 0) is 30.9 Å². The van der Waals surface area contributed by atoms with E-state index in [1.54, 1.807) is 6.20 Å². The molecule has 0 saturated carbocycles. The molecular weight excluding hydrogens is 384 g/mol. The van der Waals surface area contributed by atoms with Crippen molar-refractivity contribution in [3.8, 4) is 0 Å². The Bertz CT molecular complexity index is 996. The smallest absolute Gasteiger partial charge is 0.323 e. The number of benzene rings is 1. The molecule has 1 aromatic carbocycles. The van der Waals surface area contributed by atoms with Crippen LogP contribution in [-0.2, 0) is 25.5 Å². The quantitative estimate of drug-likeness (QED) is 0.597. The van der Waals surface area contributed by atoms with Crippen LogP contribution in [0.5, 0.6) is 0 Å². The molecule has 2 aliphatic heterocycles. The molecule has 0 radical (unpaired) electrons. The number of ether oxygens (including phenoxy) is 2. The van der Waals surface area contributed by atoms with Crippen LogP contribution in [-0.4, -0.2) is 46.7 Å². The second-order valence-electron chi connectivity index (χ2n) is 7.64. The number of carbonyl (C=O) groups excluding carboxylic acids is 2. The average molecular weight is 410 g/mol. The molecular formula is C22H26N4O4. The third-order valence-electron chi connectivity index (χ3n) is 5.48. The van der Waals surface area contributed by atoms with Crippen LogP contribution in [0.3, 0.4) is 0 Å². The maximum Gasteiger partial charge on any atom is 0.323 e. The van der Waals surface area contributed by atoms with Gasteiger partial charge < -0.3 is 30.8 Å². The molecule has 0 aliphatic carbocycles. The van der Waals surface area contributed by atoms with Crippen LogP contribution in [0.15, 0.2) is 54.5 Å². The van der Waals surface area contributed by atoms with Gasteiger partial charge in [-0.2, -0.15) is 0 Å². The van der Waals surface area contributed by atoms with Gasteiger partial charge in [0.05, 0.1) is 6.10 Å². The Kier molecular flexibility index (Phi) is 5.87. The summed E-state index contributed by atoms with van der Waals surface area (Å²) < 4.78 is 11.4. The van der Waals surface area contributed by atoms with E-state index in [9.17, 15) is 9.59 Å². The number of nitrogens with one attached hydrogen (secondary N) is 1. The molecule has 0 bridgehead atoms. The Morgan fingerprint density at radius 2 is 2.13 bits per heavy atom. The molecule has 8 nitrogen and oxygen atoms in total. The van der Waals surface area contributed by atoms with Gasteiger partial charge in [0.2, 0.25) is 5.91 Å². The number of fused-ring (bicyclic) bond motifs is 1. The van der Waals surface area contributed by atoms with Crippen LogP contribution in [0.25, 0.3) is 10.9 Å². The monoisotopic (exact) mass is 410 g/mol. The van der Waals surface area contributed by atoms with E-state index in [-0.39, 0.29) is 18.9 Å². The van der Waals surface area contributed by atoms with Crippen LogP contribution in [0.1, 0.15) is 24.8 Å². The summed E-state index contributed by atoms with van der Waals surface area (Å²) >= 11 is 0. The summed E-state index contributed by atoms with van der Waals surface area (Å²) in [5, 5.41) is 1.06. The van der Waals surface area contributed by atoms with Crippen LogP contribution in [0.4, 0.5) is 0 Å². The highest BCUT2D eigenvalue weighted by Crippen LogP contribution is 2.26. The van der Waals surface area contributed by atoms with Crippen molar-refractivity contribution in [3.05, 3.63) is 60.1 Å². The standard InChI is InChI=1S/C22H26N4O4/c23-18(10-15-11-25-19-6-2-1-5-17(15)19)22(28)29-13-16-7-8-20(30-16)26-9-3-4-14(12-26)21(24)27/h1-3,5-6,9,11-12,16,18,20,25H,4,7-8,10,13,23H2,(H2,24,27)/t16-,18-,20+/m0/s1. The lowest BCUT2D eigenvalue weighted by Crippen LogP contribution is -2.36. The topological polar surface area (TPSA) is 124 Å². The van der Waals surface area contributed by atoms with Crippen molar-refractivity contribution in [1.29, 1.82) is 0 Å². The van der Waals surface area contributed by atoms with E-state index in [1.165, 1.54) is 0 Å². The average Bonchev–Trinajstić information content (AvgIpc) is 3.39. The third kappa shape index (κ3) is 4.39. The fourth-order valence-electron chi connectivity index (χ4n) is 3.85. The highest BCUT2D eigenvalue weighted by atomic mass is 16.6. The molecule has 5 N–H and O–H groups in total. The van der Waals surface area contributed by atoms with Crippen molar-refractivity contribution in [3.63, 3.8) is 0 Å². The van der Waals surface area contributed by atoms with Gasteiger partial charge in [-0.1, -0.05) is 24.3 Å². The number of esters is 1. The first-order valence-corrected chi connectivity index (χ1v) is 10.1. The van der Waals surface area contributed by atoms with Gasteiger partial charge in [0.25, 0.3) is 0 Å². The first-order chi connectivity index (χ1) is 14.5. The number of aromatic amines is 1. The molecule has 30 heavy (non-hydrogen) atoms. The van der Waals surface area contributed by atoms with Gasteiger partial charge >= 0.3 is 5.97 Å². The molecule has 1 saturated heterocycles. The van der Waals surface area contributed by atoms with Gasteiger partial charge in [0.15, 0.2) is 0 Å². The van der Waals surface area contributed by atoms with E-state index in [1.807, 2.05) is 47.6 Å². The maximum absolute atomic E-state index is 12.4. The summed E-state index contributed by atoms with van der Waals surface area (Å²) in [7, 11) is 0. The zero-order valence-electron chi connectivity index (χ0n) is 16.6. The number of allylic oxidation sites excluding steroid dienone is 1. The summed E-state index contributed by atoms with van der Waals surface area (Å²) in [5.41, 5.74) is 14.0. The van der Waals surface area contributed by atoms with E-state index in [0.29, 0.717) is 18.4 Å². The molecule has 2 aromatic rings. The lowest BCUT2D eigenvalue weighted by Gasteiger charge is -2.27. The number of aromatic nitrogens is 1. The number of para-hydroxylation sites is 1. The fraction of sp³-hybridized carbons (Fsp3) is 0.364. The largest absolute Gasteiger partial charge is 0.462 e. The van der Waals surface area contributed by atoms with Gasteiger partial charge in [0.1, 0.15) is 18.9 Å². The molecule has 0 spiro atoms. The minimum absolute atomic E-state index is 0.154. The first-order valence-electron chi connectivity index (χ1n) is 10.1. The Hall–Kier alpha value is -3.10. The number of nitrogens with two attached hydrogens (primary N) is 2. The van der Waals surface area contributed by atoms with Crippen molar-refractivity contribution in [2.45, 2.75) is 44.1 Å². The zero-order valence-corrected chi connectivity index (χ0v) is 16.6. The second-order valence-corrected chi connectivity index (χ2v) is 7.64. The van der Waals surface area contributed by atoms with Gasteiger partial charge in [-0.15, -0.1) is 0 Å². The normalized spacial score (nSPS) is 22.2. The van der Waals surface area contributed by atoms with E-state index in [4.69, 9.17) is 20.9 Å². The van der Waals surface area contributed by atoms with E-state index < -0.39 is 17.9 Å². The van der Waals surface area contributed by atoms with Gasteiger partial charge in [-0.3, -0.25) is 9.59 Å². The maximum atomic E-state index is 12.4. The Balaban J connectivity index is 1.27. The molecule has 0 unspecified atom stereocenters. The predicted molar refractivity (Wildman–Crippen MR) is 112 cm³/mol. The summed E-state index contributed by atoms with van der Waals surface area (Å²) in [5.74, 6) is -0.877. The SMILES string of the molecule is NC(=O)C1=CN([C@H]2CC[C@@H](COC(=O)[C@@H](N)Cc3c[nH]c4ccccc34)O2)C=CC1. The number of H-pyrrole nitrogens is 1. The van der Waals surface area contributed by atoms with Crippen molar-refractivity contribution in [1.82, 2.24) is 9.88 Å². The minimum Gasteiger partial charge on any atom is -0.462 e. The Morgan fingerprint density at radius 3 is 2.97 bits per heavy atom. The first kappa shape index (κ1) is 20.2. The molecule has 4 rings (SSSR count). The van der Waals surface area contributed by atoms with Gasteiger partial charge in [0, 0.05) is 41.5 Å². The number of primary amides is 1. The Morgan fingerprint density at radius 1 is 1.30 bits per heavy atom. The van der Waals surface area contributed by atoms with Crippen molar-refractivity contribution < 1.29 is 19.1 Å². The van der Waals surface area contributed by atoms with Crippen molar-refractivity contribution in [2.24, 2.45) is 11.5 Å². The summed E-state index contributed by atoms with van der Waals surface area (Å²) in [4.78, 5) is 28.8. The van der Waals surface area contributed by atoms with Crippen LogP contribution >= 0.6 is 0 Å². The number of hydrogen-bond acceptors (Lipinski definition) is 6. The van der Waals surface area contributed by atoms with Crippen molar-refractivity contribution in [2.75, 3.05) is 6.61 Å². The number of carbonyl (C=O) groups is 2. The summed E-state index contributed by atoms with van der Waals surface area (Å²) in [6, 6.07) is 7.15. The summed E-state index contributed by atoms with van der Waals surface area (Å²) in [6.07, 6.45) is 9.37. The highest BCUT2D eigenvalue weighted by Gasteiger charge is 2.30. The van der Waals surface area contributed by atoms with Crippen LogP contribution < -0.4 is 11.5 Å². The number of nitrogens with zero attached hydrogens (tertiary/aromatic N) is 1. The second kappa shape index (κ2) is 8.73. The van der Waals surface area contributed by atoms with Crippen molar-refractivity contribution >= 4 is 22.8 Å². The molecule has 8 heteroatoms. The number of amides is 1. The van der Waals surface area contributed by atoms with Gasteiger partial charge in [-0.25, -0.2) is 0 Å². The molecule has 158 valence electrons. The lowest BCUT2D eigenvalue weighted by molar-refractivity contribution is -0.150. The Labute approximate surface area is 174 Å². The minimum atomic E-state index is -0.743. The highest BCUT2D eigenvalue weighted by molar-refractivity contribution is 5.92. The van der Waals surface area contributed by atoms with E-state index >= 15 is 0 Å². The molecule has 1 fully saturated rings. The van der Waals surface area contributed by atoms with Crippen LogP contribution in [0, 0.1) is 0 Å². The fourth-order valence-corrected chi connectivity index (χ4v) is 3.85. The number of rotatable bonds is 7. The molecule has 1 aromatic heterocycles. The molecule has 2 aliphatic rings. The third-order valence-corrected chi connectivity index (χ3v) is 5.48. The molecule has 3 atom stereocenters. The predicted octanol–water partition coefficient (Wildman–Crippen LogP) is 1.67. The summed E-state index contributed by atoms with van der Waals surface area (Å²) in [6.45, 7) is 0.154. The zero-order chi connectivity index (χ0) is 21.1.